The van der Waals surface area contributed by atoms with Gasteiger partial charge in [0.1, 0.15) is 0 Å². The van der Waals surface area contributed by atoms with E-state index in [2.05, 4.69) is 47.6 Å². The molecule has 0 saturated carbocycles. The van der Waals surface area contributed by atoms with Gasteiger partial charge in [-0.3, -0.25) is 0 Å². The third kappa shape index (κ3) is 14.4. The predicted octanol–water partition coefficient (Wildman–Crippen LogP) is 7.60. The third-order valence-corrected chi connectivity index (χ3v) is 4.63. The Morgan fingerprint density at radius 1 is 0.810 bits per heavy atom. The quantitative estimate of drug-likeness (QED) is 0.307. The van der Waals surface area contributed by atoms with E-state index >= 15 is 0 Å². The van der Waals surface area contributed by atoms with Crippen molar-refractivity contribution in [2.75, 3.05) is 0 Å². The summed E-state index contributed by atoms with van der Waals surface area (Å²) in [5, 5.41) is 0. The molecule has 0 aliphatic heterocycles. The van der Waals surface area contributed by atoms with Crippen LogP contribution in [-0.4, -0.2) is 0 Å². The summed E-state index contributed by atoms with van der Waals surface area (Å²) in [5.74, 6) is 2.71. The second-order valence-corrected chi connectivity index (χ2v) is 7.70. The predicted molar refractivity (Wildman–Crippen MR) is 98.5 cm³/mol. The maximum atomic E-state index is 3.88. The highest BCUT2D eigenvalue weighted by Gasteiger charge is 2.06. The van der Waals surface area contributed by atoms with Gasteiger partial charge in [-0.1, -0.05) is 84.3 Å². The molecule has 0 aromatic heterocycles. The molecular formula is C21H41. The second kappa shape index (κ2) is 13.4. The zero-order valence-corrected chi connectivity index (χ0v) is 15.6. The lowest BCUT2D eigenvalue weighted by molar-refractivity contribution is 0.389. The topological polar surface area (TPSA) is 0 Å². The lowest BCUT2D eigenvalue weighted by Crippen LogP contribution is -2.00. The van der Waals surface area contributed by atoms with Gasteiger partial charge < -0.3 is 0 Å². The highest BCUT2D eigenvalue weighted by Crippen LogP contribution is 2.22. The zero-order valence-electron chi connectivity index (χ0n) is 15.6. The Labute approximate surface area is 135 Å². The SMILES string of the molecule is [CH2]C/C=C(\C)CCCC(C)CCCC(C)CCCC(C)C. The Kier molecular flexibility index (Phi) is 13.2. The Bertz CT molecular complexity index is 249. The molecule has 21 heavy (non-hydrogen) atoms. The molecule has 2 atom stereocenters. The van der Waals surface area contributed by atoms with Gasteiger partial charge in [-0.15, -0.1) is 0 Å². The van der Waals surface area contributed by atoms with E-state index in [9.17, 15) is 0 Å². The maximum Gasteiger partial charge on any atom is -0.0323 e. The van der Waals surface area contributed by atoms with E-state index in [1.165, 1.54) is 63.4 Å². The van der Waals surface area contributed by atoms with Crippen molar-refractivity contribution in [3.05, 3.63) is 18.6 Å². The van der Waals surface area contributed by atoms with Crippen molar-refractivity contribution in [1.29, 1.82) is 0 Å². The first-order valence-corrected chi connectivity index (χ1v) is 9.40. The average molecular weight is 294 g/mol. The van der Waals surface area contributed by atoms with Crippen molar-refractivity contribution in [1.82, 2.24) is 0 Å². The molecule has 0 aromatic rings. The molecule has 0 nitrogen and oxygen atoms in total. The number of hydrogen-bond acceptors (Lipinski definition) is 0. The van der Waals surface area contributed by atoms with Crippen LogP contribution in [0.1, 0.15) is 98.8 Å². The number of hydrogen-bond donors (Lipinski definition) is 0. The average Bonchev–Trinajstić information content (AvgIpc) is 2.38. The molecule has 0 aromatic carbocycles. The van der Waals surface area contributed by atoms with Crippen LogP contribution in [0.2, 0.25) is 0 Å². The van der Waals surface area contributed by atoms with Crippen LogP contribution in [0.15, 0.2) is 11.6 Å². The lowest BCUT2D eigenvalue weighted by atomic mass is 9.91. The minimum absolute atomic E-state index is 0.873. The van der Waals surface area contributed by atoms with Gasteiger partial charge in [0, 0.05) is 0 Å². The van der Waals surface area contributed by atoms with Gasteiger partial charge in [0.2, 0.25) is 0 Å². The van der Waals surface area contributed by atoms with E-state index in [4.69, 9.17) is 0 Å². The van der Waals surface area contributed by atoms with Crippen LogP contribution in [0.25, 0.3) is 0 Å². The van der Waals surface area contributed by atoms with Gasteiger partial charge in [-0.25, -0.2) is 0 Å². The molecule has 0 saturated heterocycles. The van der Waals surface area contributed by atoms with E-state index in [0.717, 1.165) is 24.2 Å². The van der Waals surface area contributed by atoms with Crippen molar-refractivity contribution >= 4 is 0 Å². The van der Waals surface area contributed by atoms with Crippen LogP contribution in [0.4, 0.5) is 0 Å². The summed E-state index contributed by atoms with van der Waals surface area (Å²) in [6, 6.07) is 0. The summed E-state index contributed by atoms with van der Waals surface area (Å²) >= 11 is 0. The highest BCUT2D eigenvalue weighted by molar-refractivity contribution is 4.97. The van der Waals surface area contributed by atoms with Gasteiger partial charge in [0.25, 0.3) is 0 Å². The van der Waals surface area contributed by atoms with E-state index in [1.807, 2.05) is 0 Å². The molecular weight excluding hydrogens is 252 g/mol. The van der Waals surface area contributed by atoms with E-state index < -0.39 is 0 Å². The largest absolute Gasteiger partial charge is 0.0856 e. The lowest BCUT2D eigenvalue weighted by Gasteiger charge is -2.15. The summed E-state index contributed by atoms with van der Waals surface area (Å²) in [4.78, 5) is 0. The van der Waals surface area contributed by atoms with Crippen molar-refractivity contribution in [2.45, 2.75) is 98.8 Å². The molecule has 0 heteroatoms. The molecule has 0 bridgehead atoms. The Balaban J connectivity index is 3.52. The molecule has 0 amide bonds. The summed E-state index contributed by atoms with van der Waals surface area (Å²) in [6.45, 7) is 15.7. The van der Waals surface area contributed by atoms with Crippen LogP contribution in [0, 0.1) is 24.7 Å². The molecule has 1 radical (unpaired) electrons. The second-order valence-electron chi connectivity index (χ2n) is 7.70. The molecule has 0 heterocycles. The highest BCUT2D eigenvalue weighted by atomic mass is 14.1. The first-order chi connectivity index (χ1) is 9.95. The van der Waals surface area contributed by atoms with E-state index in [-0.39, 0.29) is 0 Å². The smallest absolute Gasteiger partial charge is 0.0323 e. The molecule has 125 valence electrons. The van der Waals surface area contributed by atoms with Crippen molar-refractivity contribution < 1.29 is 0 Å². The number of rotatable bonds is 13. The van der Waals surface area contributed by atoms with Gasteiger partial charge in [0.05, 0.1) is 0 Å². The molecule has 2 unspecified atom stereocenters. The Hall–Kier alpha value is -0.260. The van der Waals surface area contributed by atoms with Crippen molar-refractivity contribution in [3.8, 4) is 0 Å². The van der Waals surface area contributed by atoms with Crippen molar-refractivity contribution in [3.63, 3.8) is 0 Å². The normalized spacial score (nSPS) is 15.5. The van der Waals surface area contributed by atoms with Gasteiger partial charge >= 0.3 is 0 Å². The van der Waals surface area contributed by atoms with E-state index in [0.29, 0.717) is 0 Å². The minimum Gasteiger partial charge on any atom is -0.0856 e. The molecule has 0 spiro atoms. The van der Waals surface area contributed by atoms with Crippen LogP contribution >= 0.6 is 0 Å². The molecule has 0 rings (SSSR count). The maximum absolute atomic E-state index is 3.88. The van der Waals surface area contributed by atoms with Crippen LogP contribution in [0.5, 0.6) is 0 Å². The Morgan fingerprint density at radius 3 is 1.76 bits per heavy atom. The summed E-state index contributed by atoms with van der Waals surface area (Å²) in [6.07, 6.45) is 15.8. The van der Waals surface area contributed by atoms with Crippen LogP contribution in [0.3, 0.4) is 0 Å². The Morgan fingerprint density at radius 2 is 1.29 bits per heavy atom. The van der Waals surface area contributed by atoms with Crippen LogP contribution < -0.4 is 0 Å². The number of allylic oxidation sites excluding steroid dienone is 2. The summed E-state index contributed by atoms with van der Waals surface area (Å²) in [5.41, 5.74) is 1.52. The van der Waals surface area contributed by atoms with Gasteiger partial charge in [-0.05, 0) is 50.9 Å². The van der Waals surface area contributed by atoms with Crippen molar-refractivity contribution in [2.24, 2.45) is 17.8 Å². The first-order valence-electron chi connectivity index (χ1n) is 9.40. The molecule has 0 fully saturated rings. The minimum atomic E-state index is 0.873. The van der Waals surface area contributed by atoms with Gasteiger partial charge in [0.15, 0.2) is 0 Å². The van der Waals surface area contributed by atoms with Crippen LogP contribution in [-0.2, 0) is 0 Å². The standard InChI is InChI=1S/C21H41/c1-7-11-19(4)14-9-15-21(6)17-10-16-20(5)13-8-12-18(2)3/h11,18,20-21H,1,7-10,12-17H2,2-6H3/b19-11+. The van der Waals surface area contributed by atoms with E-state index in [1.54, 1.807) is 0 Å². The molecule has 0 N–H and O–H groups in total. The first kappa shape index (κ1) is 20.7. The monoisotopic (exact) mass is 293 g/mol. The molecule has 0 aliphatic rings. The van der Waals surface area contributed by atoms with Gasteiger partial charge in [-0.2, -0.15) is 0 Å². The summed E-state index contributed by atoms with van der Waals surface area (Å²) < 4.78 is 0. The third-order valence-electron chi connectivity index (χ3n) is 4.63. The molecule has 0 aliphatic carbocycles. The fourth-order valence-corrected chi connectivity index (χ4v) is 3.06. The zero-order chi connectivity index (χ0) is 16.1. The fourth-order valence-electron chi connectivity index (χ4n) is 3.06. The fraction of sp³-hybridized carbons (Fsp3) is 0.857. The summed E-state index contributed by atoms with van der Waals surface area (Å²) in [7, 11) is 0.